The van der Waals surface area contributed by atoms with E-state index in [2.05, 4.69) is 32.3 Å². The van der Waals surface area contributed by atoms with E-state index in [1.54, 1.807) is 31.2 Å². The monoisotopic (exact) mass is 567 g/mol. The summed E-state index contributed by atoms with van der Waals surface area (Å²) in [7, 11) is -3.76. The second-order valence-electron chi connectivity index (χ2n) is 9.83. The average molecular weight is 568 g/mol. The van der Waals surface area contributed by atoms with Crippen LogP contribution in [0.1, 0.15) is 67.8 Å². The average Bonchev–Trinajstić information content (AvgIpc) is 3.61. The van der Waals surface area contributed by atoms with Gasteiger partial charge in [0.05, 0.1) is 16.7 Å². The minimum absolute atomic E-state index is 0.144. The lowest BCUT2D eigenvalue weighted by atomic mass is 10.1. The van der Waals surface area contributed by atoms with Crippen molar-refractivity contribution in [1.29, 1.82) is 0 Å². The Kier molecular flexibility index (Phi) is 10.5. The molecular weight excluding hydrogens is 530 g/mol. The summed E-state index contributed by atoms with van der Waals surface area (Å²) in [6, 6.07) is 13.7. The molecule has 2 aromatic carbocycles. The summed E-state index contributed by atoms with van der Waals surface area (Å²) in [5.41, 5.74) is 3.55. The molecule has 0 fully saturated rings. The van der Waals surface area contributed by atoms with Crippen LogP contribution in [0, 0.1) is 6.92 Å². The molecular formula is C29H37N5O5S. The molecule has 0 saturated heterocycles. The zero-order valence-electron chi connectivity index (χ0n) is 23.0. The van der Waals surface area contributed by atoms with E-state index in [0.29, 0.717) is 47.3 Å². The lowest BCUT2D eigenvalue weighted by Gasteiger charge is -2.11. The van der Waals surface area contributed by atoms with E-state index in [4.69, 9.17) is 9.05 Å². The minimum Gasteiger partial charge on any atom is -0.387 e. The summed E-state index contributed by atoms with van der Waals surface area (Å²) in [5.74, 6) is 1.05. The molecule has 1 unspecified atom stereocenters. The van der Waals surface area contributed by atoms with Crippen LogP contribution in [0.5, 0.6) is 0 Å². The normalized spacial score (nSPS) is 12.5. The van der Waals surface area contributed by atoms with Crippen LogP contribution in [-0.2, 0) is 22.9 Å². The third kappa shape index (κ3) is 8.23. The fourth-order valence-electron chi connectivity index (χ4n) is 4.29. The predicted octanol–water partition coefficient (Wildman–Crippen LogP) is 5.21. The first-order chi connectivity index (χ1) is 19.4. The van der Waals surface area contributed by atoms with Crippen molar-refractivity contribution >= 4 is 15.7 Å². The van der Waals surface area contributed by atoms with Gasteiger partial charge in [0.15, 0.2) is 0 Å². The molecule has 214 valence electrons. The number of benzene rings is 2. The number of nitrogens with zero attached hydrogens (tertiary/aromatic N) is 3. The predicted molar refractivity (Wildman–Crippen MR) is 152 cm³/mol. The van der Waals surface area contributed by atoms with Gasteiger partial charge in [0.1, 0.15) is 6.26 Å². The first-order valence-electron chi connectivity index (χ1n) is 13.7. The lowest BCUT2D eigenvalue weighted by molar-refractivity contribution is 0.173. The molecule has 40 heavy (non-hydrogen) atoms. The second-order valence-corrected chi connectivity index (χ2v) is 11.5. The number of aliphatic hydroxyl groups is 1. The number of hydrogen-bond donors (Lipinski definition) is 3. The van der Waals surface area contributed by atoms with Crippen LogP contribution in [0.2, 0.25) is 0 Å². The van der Waals surface area contributed by atoms with Crippen molar-refractivity contribution in [1.82, 2.24) is 20.6 Å². The summed E-state index contributed by atoms with van der Waals surface area (Å²) in [5, 5.41) is 21.2. The highest BCUT2D eigenvalue weighted by Crippen LogP contribution is 2.22. The Bertz CT molecular complexity index is 1430. The Hall–Kier alpha value is -3.54. The van der Waals surface area contributed by atoms with Crippen molar-refractivity contribution in [2.45, 2.75) is 69.8 Å². The molecule has 0 radical (unpaired) electrons. The molecule has 3 N–H and O–H groups in total. The summed E-state index contributed by atoms with van der Waals surface area (Å²) in [6.07, 6.45) is 8.04. The zero-order valence-corrected chi connectivity index (χ0v) is 23.8. The number of hydrogen-bond acceptors (Lipinski definition) is 9. The number of rotatable bonds is 16. The van der Waals surface area contributed by atoms with Crippen LogP contribution in [0.15, 0.2) is 68.7 Å². The van der Waals surface area contributed by atoms with E-state index >= 15 is 0 Å². The summed E-state index contributed by atoms with van der Waals surface area (Å²) < 4.78 is 38.7. The minimum atomic E-state index is -3.76. The standard InChI is InChI=1S/C29H37N5O5S/c1-3-4-5-6-7-8-28-31-29(33-39-28)23-11-15-25(16-12-23)40(36,37)34-24-13-9-22(10-14-24)17-18-30-19-27(35)26-20-38-32-21(26)2/h9-16,20,27,30,34-35H,3-8,17-19H2,1-2H3. The Morgan fingerprint density at radius 3 is 2.40 bits per heavy atom. The molecule has 11 heteroatoms. The third-order valence-electron chi connectivity index (χ3n) is 6.67. The maximum Gasteiger partial charge on any atom is 0.261 e. The number of unbranched alkanes of at least 4 members (excludes halogenated alkanes) is 4. The highest BCUT2D eigenvalue weighted by atomic mass is 32.2. The SMILES string of the molecule is CCCCCCCc1nc(-c2ccc(S(=O)(=O)Nc3ccc(CCNCC(O)c4conc4C)cc3)cc2)no1. The van der Waals surface area contributed by atoms with Gasteiger partial charge in [0.2, 0.25) is 11.7 Å². The van der Waals surface area contributed by atoms with E-state index in [1.807, 2.05) is 12.1 Å². The number of sulfonamides is 1. The smallest absolute Gasteiger partial charge is 0.261 e. The topological polar surface area (TPSA) is 143 Å². The molecule has 4 aromatic rings. The Morgan fingerprint density at radius 1 is 0.950 bits per heavy atom. The largest absolute Gasteiger partial charge is 0.387 e. The van der Waals surface area contributed by atoms with Crippen molar-refractivity contribution in [2.75, 3.05) is 17.8 Å². The molecule has 10 nitrogen and oxygen atoms in total. The van der Waals surface area contributed by atoms with Gasteiger partial charge in [0, 0.05) is 29.8 Å². The first kappa shape index (κ1) is 29.4. The molecule has 0 aliphatic carbocycles. The van der Waals surface area contributed by atoms with Gasteiger partial charge in [-0.05, 0) is 68.3 Å². The maximum atomic E-state index is 12.9. The highest BCUT2D eigenvalue weighted by molar-refractivity contribution is 7.92. The molecule has 0 spiro atoms. The van der Waals surface area contributed by atoms with Gasteiger partial charge in [-0.3, -0.25) is 4.72 Å². The summed E-state index contributed by atoms with van der Waals surface area (Å²) in [4.78, 5) is 4.59. The molecule has 0 aliphatic heterocycles. The van der Waals surface area contributed by atoms with Crippen LogP contribution in [-0.4, -0.2) is 41.9 Å². The van der Waals surface area contributed by atoms with Crippen molar-refractivity contribution in [3.8, 4) is 11.4 Å². The van der Waals surface area contributed by atoms with Crippen LogP contribution in [0.3, 0.4) is 0 Å². The van der Waals surface area contributed by atoms with Crippen molar-refractivity contribution < 1.29 is 22.6 Å². The fourth-order valence-corrected chi connectivity index (χ4v) is 5.35. The quantitative estimate of drug-likeness (QED) is 0.155. The number of nitrogens with one attached hydrogen (secondary N) is 2. The Balaban J connectivity index is 1.25. The van der Waals surface area contributed by atoms with Gasteiger partial charge >= 0.3 is 0 Å². The van der Waals surface area contributed by atoms with E-state index in [0.717, 1.165) is 31.2 Å². The number of anilines is 1. The van der Waals surface area contributed by atoms with Crippen LogP contribution in [0.25, 0.3) is 11.4 Å². The Morgan fingerprint density at radius 2 is 1.70 bits per heavy atom. The summed E-state index contributed by atoms with van der Waals surface area (Å²) >= 11 is 0. The third-order valence-corrected chi connectivity index (χ3v) is 8.06. The number of aromatic nitrogens is 3. The Labute approximate surface area is 235 Å². The van der Waals surface area contributed by atoms with Crippen LogP contribution < -0.4 is 10.0 Å². The van der Waals surface area contributed by atoms with E-state index in [-0.39, 0.29) is 4.90 Å². The van der Waals surface area contributed by atoms with Gasteiger partial charge in [0.25, 0.3) is 10.0 Å². The van der Waals surface area contributed by atoms with E-state index in [9.17, 15) is 13.5 Å². The lowest BCUT2D eigenvalue weighted by Crippen LogP contribution is -2.24. The van der Waals surface area contributed by atoms with Gasteiger partial charge in [-0.1, -0.05) is 55.1 Å². The maximum absolute atomic E-state index is 12.9. The van der Waals surface area contributed by atoms with Gasteiger partial charge in [-0.2, -0.15) is 4.98 Å². The van der Waals surface area contributed by atoms with E-state index < -0.39 is 16.1 Å². The van der Waals surface area contributed by atoms with Gasteiger partial charge < -0.3 is 19.5 Å². The molecule has 2 heterocycles. The van der Waals surface area contributed by atoms with Crippen molar-refractivity contribution in [2.24, 2.45) is 0 Å². The molecule has 0 amide bonds. The van der Waals surface area contributed by atoms with Crippen LogP contribution >= 0.6 is 0 Å². The van der Waals surface area contributed by atoms with Gasteiger partial charge in [-0.15, -0.1) is 0 Å². The molecule has 1 atom stereocenters. The first-order valence-corrected chi connectivity index (χ1v) is 15.2. The van der Waals surface area contributed by atoms with Crippen LogP contribution in [0.4, 0.5) is 5.69 Å². The molecule has 0 saturated carbocycles. The number of aliphatic hydroxyl groups excluding tert-OH is 1. The van der Waals surface area contributed by atoms with Gasteiger partial charge in [-0.25, -0.2) is 8.42 Å². The zero-order chi connectivity index (χ0) is 28.4. The van der Waals surface area contributed by atoms with E-state index in [1.165, 1.54) is 37.7 Å². The molecule has 0 bridgehead atoms. The van der Waals surface area contributed by atoms with Crippen molar-refractivity contribution in [3.63, 3.8) is 0 Å². The summed E-state index contributed by atoms with van der Waals surface area (Å²) in [6.45, 7) is 5.01. The van der Waals surface area contributed by atoms with Crippen molar-refractivity contribution in [3.05, 3.63) is 77.5 Å². The fraction of sp³-hybridized carbons (Fsp3) is 0.414. The molecule has 4 rings (SSSR count). The second kappa shape index (κ2) is 14.2. The molecule has 2 aromatic heterocycles. The molecule has 0 aliphatic rings. The highest BCUT2D eigenvalue weighted by Gasteiger charge is 2.16. The number of aryl methyl sites for hydroxylation is 2.